The SMILES string of the molecule is c1ccc(-c2cccc(-c3ccc(N(c4ccc5c(c4)C(c4ccccc4)(c4ccccc4)c4ccccc4-5)c4ccccc4-c4ccccc4)cc3)c2)cc1. The molecule has 0 aromatic heterocycles. The summed E-state index contributed by atoms with van der Waals surface area (Å²) >= 11 is 0. The van der Waals surface area contributed by atoms with Crippen LogP contribution in [0.4, 0.5) is 17.1 Å². The second-order valence-corrected chi connectivity index (χ2v) is 14.5. The summed E-state index contributed by atoms with van der Waals surface area (Å²) in [6.45, 7) is 0. The highest BCUT2D eigenvalue weighted by Gasteiger charge is 2.46. The molecule has 0 spiro atoms. The van der Waals surface area contributed by atoms with Crippen LogP contribution < -0.4 is 4.90 Å². The molecule has 0 amide bonds. The van der Waals surface area contributed by atoms with Crippen LogP contribution in [0.5, 0.6) is 0 Å². The number of fused-ring (bicyclic) bond motifs is 3. The Bertz CT molecular complexity index is 2730. The third kappa shape index (κ3) is 5.65. The van der Waals surface area contributed by atoms with Crippen LogP contribution in [-0.2, 0) is 5.41 Å². The molecule has 0 aliphatic heterocycles. The molecule has 264 valence electrons. The maximum atomic E-state index is 2.45. The van der Waals surface area contributed by atoms with Crippen LogP contribution >= 0.6 is 0 Å². The summed E-state index contributed by atoms with van der Waals surface area (Å²) in [6, 6.07) is 86.2. The molecule has 1 aliphatic carbocycles. The van der Waals surface area contributed by atoms with Gasteiger partial charge in [-0.1, -0.05) is 200 Å². The van der Waals surface area contributed by atoms with E-state index in [4.69, 9.17) is 0 Å². The number of hydrogen-bond acceptors (Lipinski definition) is 1. The fraction of sp³-hybridized carbons (Fsp3) is 0.0182. The quantitative estimate of drug-likeness (QED) is 0.152. The van der Waals surface area contributed by atoms with Gasteiger partial charge in [0.05, 0.1) is 11.1 Å². The first-order valence-corrected chi connectivity index (χ1v) is 19.3. The molecule has 0 N–H and O–H groups in total. The van der Waals surface area contributed by atoms with Crippen LogP contribution in [0.2, 0.25) is 0 Å². The summed E-state index contributed by atoms with van der Waals surface area (Å²) in [5, 5.41) is 0. The first-order valence-electron chi connectivity index (χ1n) is 19.3. The first kappa shape index (κ1) is 33.4. The molecular formula is C55H39N. The van der Waals surface area contributed by atoms with Gasteiger partial charge >= 0.3 is 0 Å². The zero-order valence-corrected chi connectivity index (χ0v) is 31.0. The van der Waals surface area contributed by atoms with Gasteiger partial charge in [0.1, 0.15) is 0 Å². The van der Waals surface area contributed by atoms with Crippen LogP contribution in [0.25, 0.3) is 44.5 Å². The lowest BCUT2D eigenvalue weighted by Crippen LogP contribution is -2.28. The Kier molecular flexibility index (Phi) is 8.46. The third-order valence-corrected chi connectivity index (χ3v) is 11.4. The second kappa shape index (κ2) is 14.2. The summed E-state index contributed by atoms with van der Waals surface area (Å²) in [4.78, 5) is 2.44. The number of benzene rings is 9. The normalized spacial score (nSPS) is 12.4. The van der Waals surface area contributed by atoms with Gasteiger partial charge in [0.2, 0.25) is 0 Å². The molecule has 0 radical (unpaired) electrons. The molecule has 0 fully saturated rings. The number of anilines is 3. The number of rotatable bonds is 8. The predicted octanol–water partition coefficient (Wildman–Crippen LogP) is 14.5. The van der Waals surface area contributed by atoms with Crippen molar-refractivity contribution in [1.29, 1.82) is 0 Å². The van der Waals surface area contributed by atoms with Crippen molar-refractivity contribution >= 4 is 17.1 Å². The van der Waals surface area contributed by atoms with Gasteiger partial charge < -0.3 is 4.90 Å². The molecule has 9 aromatic rings. The van der Waals surface area contributed by atoms with Gasteiger partial charge in [-0.25, -0.2) is 0 Å². The van der Waals surface area contributed by atoms with Crippen molar-refractivity contribution in [3.8, 4) is 44.5 Å². The van der Waals surface area contributed by atoms with E-state index in [0.717, 1.165) is 17.1 Å². The summed E-state index contributed by atoms with van der Waals surface area (Å²) in [6.07, 6.45) is 0. The summed E-state index contributed by atoms with van der Waals surface area (Å²) in [5.41, 5.74) is 17.6. The lowest BCUT2D eigenvalue weighted by molar-refractivity contribution is 0.768. The van der Waals surface area contributed by atoms with Crippen molar-refractivity contribution in [2.45, 2.75) is 5.41 Å². The smallest absolute Gasteiger partial charge is 0.0714 e. The van der Waals surface area contributed by atoms with E-state index in [1.54, 1.807) is 0 Å². The molecule has 56 heavy (non-hydrogen) atoms. The number of para-hydroxylation sites is 1. The van der Waals surface area contributed by atoms with Gasteiger partial charge in [-0.2, -0.15) is 0 Å². The molecule has 1 aliphatic rings. The van der Waals surface area contributed by atoms with Gasteiger partial charge in [-0.05, 0) is 97.6 Å². The van der Waals surface area contributed by atoms with Crippen LogP contribution in [0, 0.1) is 0 Å². The average molecular weight is 714 g/mol. The average Bonchev–Trinajstić information content (AvgIpc) is 3.58. The number of hydrogen-bond donors (Lipinski definition) is 0. The monoisotopic (exact) mass is 713 g/mol. The lowest BCUT2D eigenvalue weighted by Gasteiger charge is -2.35. The predicted molar refractivity (Wildman–Crippen MR) is 235 cm³/mol. The van der Waals surface area contributed by atoms with E-state index in [2.05, 4.69) is 241 Å². The van der Waals surface area contributed by atoms with Gasteiger partial charge in [0.25, 0.3) is 0 Å². The molecule has 0 heterocycles. The first-order chi connectivity index (χ1) is 27.8. The van der Waals surface area contributed by atoms with Crippen molar-refractivity contribution < 1.29 is 0 Å². The Morgan fingerprint density at radius 3 is 1.38 bits per heavy atom. The molecule has 0 saturated heterocycles. The topological polar surface area (TPSA) is 3.24 Å². The molecular weight excluding hydrogens is 675 g/mol. The Labute approximate surface area is 329 Å². The Morgan fingerprint density at radius 1 is 0.268 bits per heavy atom. The van der Waals surface area contributed by atoms with E-state index < -0.39 is 5.41 Å². The summed E-state index contributed by atoms with van der Waals surface area (Å²) in [7, 11) is 0. The van der Waals surface area contributed by atoms with Crippen LogP contribution in [0.15, 0.2) is 237 Å². The van der Waals surface area contributed by atoms with Crippen molar-refractivity contribution in [2.75, 3.05) is 4.90 Å². The van der Waals surface area contributed by atoms with Gasteiger partial charge in [0.15, 0.2) is 0 Å². The fourth-order valence-electron chi connectivity index (χ4n) is 8.84. The van der Waals surface area contributed by atoms with Crippen LogP contribution in [0.3, 0.4) is 0 Å². The van der Waals surface area contributed by atoms with Gasteiger partial charge in [-0.3, -0.25) is 0 Å². The largest absolute Gasteiger partial charge is 0.310 e. The summed E-state index contributed by atoms with van der Waals surface area (Å²) < 4.78 is 0. The van der Waals surface area contributed by atoms with Gasteiger partial charge in [-0.15, -0.1) is 0 Å². The van der Waals surface area contributed by atoms with E-state index in [1.807, 2.05) is 0 Å². The van der Waals surface area contributed by atoms with Gasteiger partial charge in [0, 0.05) is 16.9 Å². The van der Waals surface area contributed by atoms with Crippen LogP contribution in [-0.4, -0.2) is 0 Å². The Balaban J connectivity index is 1.18. The molecule has 0 unspecified atom stereocenters. The highest BCUT2D eigenvalue weighted by Crippen LogP contribution is 2.57. The fourth-order valence-corrected chi connectivity index (χ4v) is 8.84. The molecule has 0 atom stereocenters. The minimum absolute atomic E-state index is 0.497. The molecule has 1 heteroatoms. The highest BCUT2D eigenvalue weighted by molar-refractivity contribution is 5.92. The van der Waals surface area contributed by atoms with Crippen molar-refractivity contribution in [3.63, 3.8) is 0 Å². The molecule has 0 bridgehead atoms. The highest BCUT2D eigenvalue weighted by atomic mass is 15.1. The van der Waals surface area contributed by atoms with Crippen molar-refractivity contribution in [1.82, 2.24) is 0 Å². The molecule has 0 saturated carbocycles. The number of nitrogens with zero attached hydrogens (tertiary/aromatic N) is 1. The maximum absolute atomic E-state index is 2.45. The van der Waals surface area contributed by atoms with Crippen molar-refractivity contribution in [2.24, 2.45) is 0 Å². The van der Waals surface area contributed by atoms with Crippen LogP contribution in [0.1, 0.15) is 22.3 Å². The molecule has 9 aromatic carbocycles. The van der Waals surface area contributed by atoms with Crippen molar-refractivity contribution in [3.05, 3.63) is 259 Å². The van der Waals surface area contributed by atoms with E-state index in [0.29, 0.717) is 0 Å². The lowest BCUT2D eigenvalue weighted by atomic mass is 9.67. The minimum atomic E-state index is -0.497. The third-order valence-electron chi connectivity index (χ3n) is 11.4. The summed E-state index contributed by atoms with van der Waals surface area (Å²) in [5.74, 6) is 0. The zero-order chi connectivity index (χ0) is 37.3. The Morgan fingerprint density at radius 2 is 0.732 bits per heavy atom. The minimum Gasteiger partial charge on any atom is -0.310 e. The molecule has 10 rings (SSSR count). The van der Waals surface area contributed by atoms with E-state index >= 15 is 0 Å². The molecule has 1 nitrogen and oxygen atoms in total. The standard InChI is InChI=1S/C55H39N/c1-5-18-40(19-6-1)43-22-17-23-44(38-43)41-32-34-47(35-33-41)56(54-31-16-14-28-49(54)42-20-7-2-8-21-42)48-36-37-51-50-29-13-15-30-52(50)55(53(51)39-48,45-24-9-3-10-25-45)46-26-11-4-12-27-46/h1-39H. The van der Waals surface area contributed by atoms with E-state index in [1.165, 1.54) is 66.8 Å². The zero-order valence-electron chi connectivity index (χ0n) is 31.0. The Hall–Kier alpha value is -7.22. The van der Waals surface area contributed by atoms with E-state index in [-0.39, 0.29) is 0 Å². The maximum Gasteiger partial charge on any atom is 0.0714 e. The second-order valence-electron chi connectivity index (χ2n) is 14.5. The van der Waals surface area contributed by atoms with E-state index in [9.17, 15) is 0 Å².